The molecular weight excluding hydrogens is 232 g/mol. The summed E-state index contributed by atoms with van der Waals surface area (Å²) in [7, 11) is 0. The number of amides is 2. The SMILES string of the molecule is O=C(Cc1ccccc1)CN1CC(=O)NC(=O)C1. The Hall–Kier alpha value is -2.01. The lowest BCUT2D eigenvalue weighted by Crippen LogP contribution is -2.52. The van der Waals surface area contributed by atoms with Gasteiger partial charge in [-0.1, -0.05) is 30.3 Å². The van der Waals surface area contributed by atoms with E-state index >= 15 is 0 Å². The van der Waals surface area contributed by atoms with Crippen LogP contribution in [0.25, 0.3) is 0 Å². The van der Waals surface area contributed by atoms with Gasteiger partial charge in [0.2, 0.25) is 11.8 Å². The summed E-state index contributed by atoms with van der Waals surface area (Å²) in [6.07, 6.45) is 0.327. The molecule has 0 radical (unpaired) electrons. The number of nitrogens with zero attached hydrogens (tertiary/aromatic N) is 1. The number of rotatable bonds is 4. The van der Waals surface area contributed by atoms with Gasteiger partial charge in [0.05, 0.1) is 19.6 Å². The third-order valence-electron chi connectivity index (χ3n) is 2.66. The molecule has 1 aliphatic rings. The first kappa shape index (κ1) is 12.4. The Balaban J connectivity index is 1.88. The summed E-state index contributed by atoms with van der Waals surface area (Å²) in [5.74, 6) is -0.693. The van der Waals surface area contributed by atoms with Gasteiger partial charge in [-0.25, -0.2) is 0 Å². The summed E-state index contributed by atoms with van der Waals surface area (Å²) >= 11 is 0. The quantitative estimate of drug-likeness (QED) is 0.744. The highest BCUT2D eigenvalue weighted by Gasteiger charge is 2.23. The van der Waals surface area contributed by atoms with Crippen LogP contribution in [0.3, 0.4) is 0 Å². The van der Waals surface area contributed by atoms with E-state index < -0.39 is 0 Å². The van der Waals surface area contributed by atoms with Gasteiger partial charge in [-0.2, -0.15) is 0 Å². The molecule has 5 nitrogen and oxygen atoms in total. The van der Waals surface area contributed by atoms with Crippen LogP contribution in [0.1, 0.15) is 5.56 Å². The second-order valence-electron chi connectivity index (χ2n) is 4.32. The van der Waals surface area contributed by atoms with Crippen molar-refractivity contribution in [3.05, 3.63) is 35.9 Å². The summed E-state index contributed by atoms with van der Waals surface area (Å²) in [6, 6.07) is 9.40. The summed E-state index contributed by atoms with van der Waals surface area (Å²) < 4.78 is 0. The van der Waals surface area contributed by atoms with Gasteiger partial charge in [-0.3, -0.25) is 24.6 Å². The van der Waals surface area contributed by atoms with Gasteiger partial charge in [0, 0.05) is 6.42 Å². The first-order valence-electron chi connectivity index (χ1n) is 5.74. The van der Waals surface area contributed by atoms with Crippen LogP contribution in [0.4, 0.5) is 0 Å². The van der Waals surface area contributed by atoms with Crippen molar-refractivity contribution < 1.29 is 14.4 Å². The Morgan fingerprint density at radius 2 is 1.72 bits per heavy atom. The van der Waals surface area contributed by atoms with Gasteiger partial charge in [-0.05, 0) is 5.56 Å². The zero-order valence-electron chi connectivity index (χ0n) is 9.89. The molecule has 2 rings (SSSR count). The number of carbonyl (C=O) groups is 3. The molecule has 2 amide bonds. The van der Waals surface area contributed by atoms with Crippen LogP contribution in [0, 0.1) is 0 Å². The van der Waals surface area contributed by atoms with Gasteiger partial charge in [0.25, 0.3) is 0 Å². The lowest BCUT2D eigenvalue weighted by atomic mass is 10.1. The molecule has 1 saturated heterocycles. The molecule has 18 heavy (non-hydrogen) atoms. The summed E-state index contributed by atoms with van der Waals surface area (Å²) in [6.45, 7) is 0.340. The minimum Gasteiger partial charge on any atom is -0.298 e. The molecule has 1 aromatic carbocycles. The van der Waals surface area contributed by atoms with Gasteiger partial charge < -0.3 is 0 Å². The number of ketones is 1. The summed E-state index contributed by atoms with van der Waals surface area (Å²) in [5, 5.41) is 2.20. The monoisotopic (exact) mass is 246 g/mol. The predicted octanol–water partition coefficient (Wildman–Crippen LogP) is -0.243. The fourth-order valence-corrected chi connectivity index (χ4v) is 1.94. The standard InChI is InChI=1S/C13H14N2O3/c16-11(6-10-4-2-1-3-5-10)7-15-8-12(17)14-13(18)9-15/h1-5H,6-9H2,(H,14,17,18). The highest BCUT2D eigenvalue weighted by atomic mass is 16.2. The minimum atomic E-state index is -0.348. The Morgan fingerprint density at radius 1 is 1.11 bits per heavy atom. The largest absolute Gasteiger partial charge is 0.298 e. The first-order chi connectivity index (χ1) is 8.63. The van der Waals surface area contributed by atoms with Crippen molar-refractivity contribution in [3.63, 3.8) is 0 Å². The molecule has 94 valence electrons. The van der Waals surface area contributed by atoms with Gasteiger partial charge in [0.1, 0.15) is 0 Å². The van der Waals surface area contributed by atoms with Crippen molar-refractivity contribution in [1.82, 2.24) is 10.2 Å². The molecule has 0 atom stereocenters. The van der Waals surface area contributed by atoms with Crippen LogP contribution in [-0.4, -0.2) is 42.1 Å². The topological polar surface area (TPSA) is 66.5 Å². The number of hydrogen-bond acceptors (Lipinski definition) is 4. The van der Waals surface area contributed by atoms with Crippen LogP contribution in [0.15, 0.2) is 30.3 Å². The number of piperazine rings is 1. The van der Waals surface area contributed by atoms with Crippen LogP contribution in [-0.2, 0) is 20.8 Å². The Morgan fingerprint density at radius 3 is 2.33 bits per heavy atom. The van der Waals surface area contributed by atoms with Crippen molar-refractivity contribution in [3.8, 4) is 0 Å². The molecule has 5 heteroatoms. The molecule has 1 N–H and O–H groups in total. The number of nitrogens with one attached hydrogen (secondary N) is 1. The van der Waals surface area contributed by atoms with E-state index in [1.54, 1.807) is 4.90 Å². The second-order valence-corrected chi connectivity index (χ2v) is 4.32. The average molecular weight is 246 g/mol. The summed E-state index contributed by atoms with van der Waals surface area (Å²) in [4.78, 5) is 35.6. The Kier molecular flexibility index (Phi) is 3.84. The van der Waals surface area contributed by atoms with E-state index in [0.717, 1.165) is 5.56 Å². The maximum Gasteiger partial charge on any atom is 0.240 e. The number of imide groups is 1. The summed E-state index contributed by atoms with van der Waals surface area (Å²) in [5.41, 5.74) is 0.940. The molecular formula is C13H14N2O3. The normalized spacial score (nSPS) is 16.4. The smallest absolute Gasteiger partial charge is 0.240 e. The molecule has 1 fully saturated rings. The van der Waals surface area contributed by atoms with E-state index in [2.05, 4.69) is 5.32 Å². The molecule has 0 aliphatic carbocycles. The van der Waals surface area contributed by atoms with Crippen LogP contribution in [0.2, 0.25) is 0 Å². The van der Waals surface area contributed by atoms with Crippen molar-refractivity contribution in [1.29, 1.82) is 0 Å². The zero-order valence-corrected chi connectivity index (χ0v) is 9.89. The molecule has 0 bridgehead atoms. The highest BCUT2D eigenvalue weighted by molar-refractivity contribution is 5.99. The number of benzene rings is 1. The van der Waals surface area contributed by atoms with E-state index in [1.807, 2.05) is 30.3 Å². The molecule has 1 aliphatic heterocycles. The van der Waals surface area contributed by atoms with E-state index in [1.165, 1.54) is 0 Å². The fourth-order valence-electron chi connectivity index (χ4n) is 1.94. The maximum absolute atomic E-state index is 11.8. The molecule has 1 aromatic rings. The average Bonchev–Trinajstić information content (AvgIpc) is 2.28. The third kappa shape index (κ3) is 3.49. The second kappa shape index (κ2) is 5.55. The molecule has 1 heterocycles. The van der Waals surface area contributed by atoms with Gasteiger partial charge in [0.15, 0.2) is 5.78 Å². The van der Waals surface area contributed by atoms with Gasteiger partial charge >= 0.3 is 0 Å². The van der Waals surface area contributed by atoms with Crippen molar-refractivity contribution in [2.45, 2.75) is 6.42 Å². The zero-order chi connectivity index (χ0) is 13.0. The number of Topliss-reactive ketones (excluding diaryl/α,β-unsaturated/α-hetero) is 1. The van der Waals surface area contributed by atoms with E-state index in [4.69, 9.17) is 0 Å². The molecule has 0 aromatic heterocycles. The first-order valence-corrected chi connectivity index (χ1v) is 5.74. The van der Waals surface area contributed by atoms with Crippen LogP contribution >= 0.6 is 0 Å². The fraction of sp³-hybridized carbons (Fsp3) is 0.308. The van der Waals surface area contributed by atoms with Crippen LogP contribution in [0.5, 0.6) is 0 Å². The van der Waals surface area contributed by atoms with E-state index in [0.29, 0.717) is 6.42 Å². The molecule has 0 spiro atoms. The lowest BCUT2D eigenvalue weighted by molar-refractivity contribution is -0.136. The highest BCUT2D eigenvalue weighted by Crippen LogP contribution is 2.02. The predicted molar refractivity (Wildman–Crippen MR) is 64.7 cm³/mol. The Labute approximate surface area is 105 Å². The third-order valence-corrected chi connectivity index (χ3v) is 2.66. The lowest BCUT2D eigenvalue weighted by Gasteiger charge is -2.24. The van der Waals surface area contributed by atoms with Crippen molar-refractivity contribution >= 4 is 17.6 Å². The van der Waals surface area contributed by atoms with Crippen molar-refractivity contribution in [2.75, 3.05) is 19.6 Å². The molecule has 0 unspecified atom stereocenters. The van der Waals surface area contributed by atoms with Gasteiger partial charge in [-0.15, -0.1) is 0 Å². The number of hydrogen-bond donors (Lipinski definition) is 1. The van der Waals surface area contributed by atoms with E-state index in [9.17, 15) is 14.4 Å². The number of carbonyl (C=O) groups excluding carboxylic acids is 3. The van der Waals surface area contributed by atoms with E-state index in [-0.39, 0.29) is 37.2 Å². The Bertz CT molecular complexity index is 454. The van der Waals surface area contributed by atoms with Crippen molar-refractivity contribution in [2.24, 2.45) is 0 Å². The minimum absolute atomic E-state index is 0.00343. The maximum atomic E-state index is 11.8. The van der Waals surface area contributed by atoms with Crippen LogP contribution < -0.4 is 5.32 Å². The molecule has 0 saturated carbocycles.